The maximum Gasteiger partial charge on any atom is 0.0406 e. The molecule has 0 bridgehead atoms. The van der Waals surface area contributed by atoms with Gasteiger partial charge in [-0.3, -0.25) is 0 Å². The monoisotopic (exact) mass is 246 g/mol. The summed E-state index contributed by atoms with van der Waals surface area (Å²) in [6.45, 7) is 2.18. The minimum Gasteiger partial charge on any atom is -0.0887 e. The lowest BCUT2D eigenvalue weighted by Crippen LogP contribution is -1.99. The van der Waals surface area contributed by atoms with Crippen LogP contribution in [0, 0.1) is 0 Å². The highest BCUT2D eigenvalue weighted by atomic mass is 79.9. The first kappa shape index (κ1) is 10.1. The van der Waals surface area contributed by atoms with E-state index in [0.29, 0.717) is 4.83 Å². The predicted octanol–water partition coefficient (Wildman–Crippen LogP) is 4.06. The number of benzene rings is 1. The molecule has 0 heterocycles. The molecular weight excluding hydrogens is 235 g/mol. The van der Waals surface area contributed by atoms with Gasteiger partial charge in [0.2, 0.25) is 0 Å². The van der Waals surface area contributed by atoms with Gasteiger partial charge in [-0.15, -0.1) is 0 Å². The van der Waals surface area contributed by atoms with Gasteiger partial charge >= 0.3 is 0 Å². The molecule has 66 valence electrons. The molecule has 0 N–H and O–H groups in total. The molecule has 0 saturated carbocycles. The van der Waals surface area contributed by atoms with Crippen LogP contribution in [0.5, 0.6) is 0 Å². The van der Waals surface area contributed by atoms with Crippen molar-refractivity contribution in [2.24, 2.45) is 0 Å². The zero-order valence-electron chi connectivity index (χ0n) is 7.06. The first-order chi connectivity index (χ1) is 5.72. The van der Waals surface area contributed by atoms with Crippen LogP contribution in [0.3, 0.4) is 0 Å². The molecule has 2 heteroatoms. The third-order valence-corrected chi connectivity index (χ3v) is 3.04. The molecule has 0 aliphatic heterocycles. The third kappa shape index (κ3) is 3.16. The largest absolute Gasteiger partial charge is 0.0887 e. The number of alkyl halides is 1. The summed E-state index contributed by atoms with van der Waals surface area (Å²) in [7, 11) is 0. The summed E-state index contributed by atoms with van der Waals surface area (Å²) in [5.41, 5.74) is 1.34. The normalized spacial score (nSPS) is 12.9. The van der Waals surface area contributed by atoms with E-state index in [9.17, 15) is 0 Å². The SMILES string of the molecule is CCC(Br)Cc1ccc(Cl)cc1. The van der Waals surface area contributed by atoms with Gasteiger partial charge in [-0.1, -0.05) is 46.6 Å². The van der Waals surface area contributed by atoms with Crippen molar-refractivity contribution >= 4 is 27.5 Å². The lowest BCUT2D eigenvalue weighted by molar-refractivity contribution is 0.830. The Bertz CT molecular complexity index is 230. The van der Waals surface area contributed by atoms with Gasteiger partial charge in [0.15, 0.2) is 0 Å². The second-order valence-corrected chi connectivity index (χ2v) is 4.57. The quantitative estimate of drug-likeness (QED) is 0.707. The summed E-state index contributed by atoms with van der Waals surface area (Å²) in [6.07, 6.45) is 2.23. The van der Waals surface area contributed by atoms with Crippen LogP contribution in [0.15, 0.2) is 24.3 Å². The van der Waals surface area contributed by atoms with Crippen molar-refractivity contribution in [2.75, 3.05) is 0 Å². The predicted molar refractivity (Wildman–Crippen MR) is 58.2 cm³/mol. The highest BCUT2D eigenvalue weighted by Gasteiger charge is 2.01. The number of rotatable bonds is 3. The average Bonchev–Trinajstić information content (AvgIpc) is 2.09. The Kier molecular flexibility index (Phi) is 4.10. The minimum atomic E-state index is 0.582. The number of halogens is 2. The van der Waals surface area contributed by atoms with Gasteiger partial charge in [-0.05, 0) is 30.5 Å². The molecule has 0 nitrogen and oxygen atoms in total. The van der Waals surface area contributed by atoms with Crippen molar-refractivity contribution < 1.29 is 0 Å². The molecule has 0 amide bonds. The standard InChI is InChI=1S/C10H12BrCl/c1-2-9(11)7-8-3-5-10(12)6-4-8/h3-6,9H,2,7H2,1H3. The fourth-order valence-electron chi connectivity index (χ4n) is 1.02. The number of hydrogen-bond acceptors (Lipinski definition) is 0. The van der Waals surface area contributed by atoms with E-state index in [4.69, 9.17) is 11.6 Å². The van der Waals surface area contributed by atoms with Crippen LogP contribution in [-0.2, 0) is 6.42 Å². The van der Waals surface area contributed by atoms with E-state index in [1.165, 1.54) is 5.56 Å². The smallest absolute Gasteiger partial charge is 0.0406 e. The van der Waals surface area contributed by atoms with Crippen molar-refractivity contribution in [3.63, 3.8) is 0 Å². The van der Waals surface area contributed by atoms with Crippen LogP contribution in [0.4, 0.5) is 0 Å². The molecule has 0 aromatic heterocycles. The van der Waals surface area contributed by atoms with Gasteiger partial charge in [0.25, 0.3) is 0 Å². The first-order valence-electron chi connectivity index (χ1n) is 4.11. The van der Waals surface area contributed by atoms with E-state index in [1.54, 1.807) is 0 Å². The molecule has 0 saturated heterocycles. The lowest BCUT2D eigenvalue weighted by atomic mass is 10.1. The van der Waals surface area contributed by atoms with Gasteiger partial charge in [0, 0.05) is 9.85 Å². The molecule has 0 spiro atoms. The molecule has 1 aromatic carbocycles. The zero-order chi connectivity index (χ0) is 8.97. The summed E-state index contributed by atoms with van der Waals surface area (Å²) in [5, 5.41) is 0.807. The summed E-state index contributed by atoms with van der Waals surface area (Å²) >= 11 is 9.37. The van der Waals surface area contributed by atoms with Crippen LogP contribution in [-0.4, -0.2) is 4.83 Å². The molecule has 0 aliphatic carbocycles. The van der Waals surface area contributed by atoms with E-state index in [1.807, 2.05) is 12.1 Å². The lowest BCUT2D eigenvalue weighted by Gasteiger charge is -2.05. The van der Waals surface area contributed by atoms with E-state index in [-0.39, 0.29) is 0 Å². The van der Waals surface area contributed by atoms with Gasteiger partial charge < -0.3 is 0 Å². The Morgan fingerprint density at radius 2 is 1.92 bits per heavy atom. The van der Waals surface area contributed by atoms with Crippen molar-refractivity contribution in [3.8, 4) is 0 Å². The molecule has 0 aliphatic rings. The zero-order valence-corrected chi connectivity index (χ0v) is 9.40. The summed E-state index contributed by atoms with van der Waals surface area (Å²) in [4.78, 5) is 0.582. The van der Waals surface area contributed by atoms with Gasteiger partial charge in [-0.25, -0.2) is 0 Å². The summed E-state index contributed by atoms with van der Waals surface area (Å²) in [5.74, 6) is 0. The summed E-state index contributed by atoms with van der Waals surface area (Å²) in [6, 6.07) is 8.02. The molecule has 1 atom stereocenters. The molecule has 1 aromatic rings. The van der Waals surface area contributed by atoms with E-state index in [2.05, 4.69) is 35.0 Å². The Labute approximate surface area is 87.1 Å². The van der Waals surface area contributed by atoms with E-state index >= 15 is 0 Å². The molecule has 0 fully saturated rings. The fraction of sp³-hybridized carbons (Fsp3) is 0.400. The molecule has 12 heavy (non-hydrogen) atoms. The third-order valence-electron chi connectivity index (χ3n) is 1.81. The van der Waals surface area contributed by atoms with E-state index < -0.39 is 0 Å². The maximum atomic E-state index is 5.77. The fourth-order valence-corrected chi connectivity index (χ4v) is 1.52. The summed E-state index contributed by atoms with van der Waals surface area (Å²) < 4.78 is 0. The second kappa shape index (κ2) is 4.88. The highest BCUT2D eigenvalue weighted by Crippen LogP contribution is 2.15. The Hall–Kier alpha value is -0.0100. The van der Waals surface area contributed by atoms with Gasteiger partial charge in [0.05, 0.1) is 0 Å². The molecule has 0 radical (unpaired) electrons. The Balaban J connectivity index is 2.58. The number of hydrogen-bond donors (Lipinski definition) is 0. The van der Waals surface area contributed by atoms with Crippen LogP contribution in [0.2, 0.25) is 5.02 Å². The van der Waals surface area contributed by atoms with Gasteiger partial charge in [-0.2, -0.15) is 0 Å². The van der Waals surface area contributed by atoms with E-state index in [0.717, 1.165) is 17.9 Å². The average molecular weight is 248 g/mol. The molecular formula is C10H12BrCl. The van der Waals surface area contributed by atoms with Crippen LogP contribution in [0.25, 0.3) is 0 Å². The molecule has 1 unspecified atom stereocenters. The van der Waals surface area contributed by atoms with Crippen molar-refractivity contribution in [3.05, 3.63) is 34.9 Å². The van der Waals surface area contributed by atoms with Crippen LogP contribution >= 0.6 is 27.5 Å². The Morgan fingerprint density at radius 1 is 1.33 bits per heavy atom. The van der Waals surface area contributed by atoms with Crippen LogP contribution < -0.4 is 0 Å². The molecule has 1 rings (SSSR count). The highest BCUT2D eigenvalue weighted by molar-refractivity contribution is 9.09. The minimum absolute atomic E-state index is 0.582. The first-order valence-corrected chi connectivity index (χ1v) is 5.40. The van der Waals surface area contributed by atoms with Crippen molar-refractivity contribution in [1.29, 1.82) is 0 Å². The Morgan fingerprint density at radius 3 is 2.42 bits per heavy atom. The van der Waals surface area contributed by atoms with Crippen molar-refractivity contribution in [2.45, 2.75) is 24.6 Å². The van der Waals surface area contributed by atoms with Crippen molar-refractivity contribution in [1.82, 2.24) is 0 Å². The maximum absolute atomic E-state index is 5.77. The topological polar surface area (TPSA) is 0 Å². The van der Waals surface area contributed by atoms with Gasteiger partial charge in [0.1, 0.15) is 0 Å². The second-order valence-electron chi connectivity index (χ2n) is 2.84. The van der Waals surface area contributed by atoms with Crippen LogP contribution in [0.1, 0.15) is 18.9 Å².